The number of hydrogen-bond acceptors (Lipinski definition) is 2. The van der Waals surface area contributed by atoms with Gasteiger partial charge in [0, 0.05) is 12.6 Å². The third-order valence-corrected chi connectivity index (χ3v) is 3.89. The zero-order chi connectivity index (χ0) is 13.0. The molecule has 108 valence electrons. The quantitative estimate of drug-likeness (QED) is 0.670. The zero-order valence-corrected chi connectivity index (χ0v) is 14.9. The molecule has 1 aliphatic rings. The SMILES string of the molecule is CC1CCC(c2ccc(CCN(C)C)cc2)NC1.[BH4-].[Na+]. The molecule has 2 unspecified atom stereocenters. The average molecular weight is 284 g/mol. The van der Waals surface area contributed by atoms with Gasteiger partial charge >= 0.3 is 29.6 Å². The summed E-state index contributed by atoms with van der Waals surface area (Å²) in [5.74, 6) is 0.834. The molecule has 1 aromatic carbocycles. The van der Waals surface area contributed by atoms with Gasteiger partial charge in [-0.15, -0.1) is 0 Å². The van der Waals surface area contributed by atoms with E-state index in [4.69, 9.17) is 0 Å². The predicted octanol–water partition coefficient (Wildman–Crippen LogP) is -1.60. The fourth-order valence-electron chi connectivity index (χ4n) is 2.55. The summed E-state index contributed by atoms with van der Waals surface area (Å²) < 4.78 is 0. The van der Waals surface area contributed by atoms with E-state index < -0.39 is 0 Å². The van der Waals surface area contributed by atoms with Gasteiger partial charge in [0.1, 0.15) is 0 Å². The topological polar surface area (TPSA) is 15.3 Å². The first-order valence-corrected chi connectivity index (χ1v) is 7.12. The van der Waals surface area contributed by atoms with Crippen LogP contribution in [0, 0.1) is 5.92 Å². The van der Waals surface area contributed by atoms with Crippen LogP contribution in [0.5, 0.6) is 0 Å². The molecule has 2 nitrogen and oxygen atoms in total. The zero-order valence-electron chi connectivity index (χ0n) is 12.9. The Bertz CT molecular complexity index is 359. The van der Waals surface area contributed by atoms with Gasteiger partial charge in [0.2, 0.25) is 0 Å². The minimum Gasteiger partial charge on any atom is -0.310 e. The van der Waals surface area contributed by atoms with Crippen LogP contribution in [0.1, 0.15) is 36.9 Å². The fourth-order valence-corrected chi connectivity index (χ4v) is 2.55. The van der Waals surface area contributed by atoms with E-state index in [1.807, 2.05) is 0 Å². The molecule has 0 aromatic heterocycles. The van der Waals surface area contributed by atoms with E-state index in [1.165, 1.54) is 24.0 Å². The second kappa shape index (κ2) is 10.0. The van der Waals surface area contributed by atoms with Gasteiger partial charge in [-0.25, -0.2) is 0 Å². The normalized spacial score (nSPS) is 22.0. The molecular formula is C16H30BN2Na. The molecule has 1 heterocycles. The first kappa shape index (κ1) is 20.2. The third kappa shape index (κ3) is 6.32. The fraction of sp³-hybridized carbons (Fsp3) is 0.625. The van der Waals surface area contributed by atoms with Gasteiger partial charge in [-0.05, 0) is 56.9 Å². The maximum Gasteiger partial charge on any atom is 1.00 e. The van der Waals surface area contributed by atoms with Crippen LogP contribution in [-0.4, -0.2) is 40.5 Å². The summed E-state index contributed by atoms with van der Waals surface area (Å²) in [6.45, 7) is 4.61. The van der Waals surface area contributed by atoms with Gasteiger partial charge in [-0.1, -0.05) is 39.6 Å². The van der Waals surface area contributed by atoms with Crippen molar-refractivity contribution in [2.75, 3.05) is 27.2 Å². The van der Waals surface area contributed by atoms with Gasteiger partial charge in [-0.3, -0.25) is 0 Å². The Labute approximate surface area is 148 Å². The molecule has 2 rings (SSSR count). The van der Waals surface area contributed by atoms with Crippen molar-refractivity contribution in [1.82, 2.24) is 10.2 Å². The molecule has 2 atom stereocenters. The summed E-state index contributed by atoms with van der Waals surface area (Å²) in [7, 11) is 4.25. The third-order valence-electron chi connectivity index (χ3n) is 3.89. The maximum atomic E-state index is 3.65. The Morgan fingerprint density at radius 3 is 2.30 bits per heavy atom. The van der Waals surface area contributed by atoms with Crippen LogP contribution in [0.4, 0.5) is 0 Å². The Hall–Kier alpha value is 0.205. The van der Waals surface area contributed by atoms with E-state index in [0.717, 1.165) is 25.4 Å². The van der Waals surface area contributed by atoms with Crippen molar-refractivity contribution in [3.63, 3.8) is 0 Å². The minimum absolute atomic E-state index is 0. The van der Waals surface area contributed by atoms with E-state index in [1.54, 1.807) is 0 Å². The largest absolute Gasteiger partial charge is 1.00 e. The van der Waals surface area contributed by atoms with E-state index in [-0.39, 0.29) is 38.0 Å². The summed E-state index contributed by atoms with van der Waals surface area (Å²) in [5.41, 5.74) is 2.90. The van der Waals surface area contributed by atoms with Crippen molar-refractivity contribution in [2.24, 2.45) is 5.92 Å². The van der Waals surface area contributed by atoms with Gasteiger partial charge in [0.25, 0.3) is 0 Å². The Kier molecular flexibility index (Phi) is 10.1. The molecule has 1 saturated heterocycles. The van der Waals surface area contributed by atoms with Crippen LogP contribution >= 0.6 is 0 Å². The molecular weight excluding hydrogens is 254 g/mol. The van der Waals surface area contributed by atoms with Crippen LogP contribution in [0.15, 0.2) is 24.3 Å². The van der Waals surface area contributed by atoms with Crippen molar-refractivity contribution >= 4 is 8.41 Å². The number of hydrogen-bond donors (Lipinski definition) is 1. The Balaban J connectivity index is 0.00000180. The molecule has 4 heteroatoms. The summed E-state index contributed by atoms with van der Waals surface area (Å²) in [6, 6.07) is 9.76. The van der Waals surface area contributed by atoms with Crippen LogP contribution in [0.2, 0.25) is 0 Å². The summed E-state index contributed by atoms with van der Waals surface area (Å²) >= 11 is 0. The molecule has 1 aromatic rings. The first-order valence-electron chi connectivity index (χ1n) is 7.12. The summed E-state index contributed by atoms with van der Waals surface area (Å²) in [5, 5.41) is 3.65. The van der Waals surface area contributed by atoms with Crippen molar-refractivity contribution in [3.8, 4) is 0 Å². The number of nitrogens with one attached hydrogen (secondary N) is 1. The van der Waals surface area contributed by atoms with E-state index in [2.05, 4.69) is 55.5 Å². The van der Waals surface area contributed by atoms with Crippen LogP contribution in [0.25, 0.3) is 0 Å². The second-order valence-corrected chi connectivity index (χ2v) is 5.94. The molecule has 0 spiro atoms. The van der Waals surface area contributed by atoms with E-state index in [0.29, 0.717) is 6.04 Å². The summed E-state index contributed by atoms with van der Waals surface area (Å²) in [6.07, 6.45) is 3.76. The smallest absolute Gasteiger partial charge is 0.310 e. The van der Waals surface area contributed by atoms with Crippen LogP contribution in [-0.2, 0) is 6.42 Å². The monoisotopic (exact) mass is 284 g/mol. The molecule has 0 radical (unpaired) electrons. The number of nitrogens with zero attached hydrogens (tertiary/aromatic N) is 1. The molecule has 1 aliphatic heterocycles. The molecule has 1 N–H and O–H groups in total. The number of piperidine rings is 1. The van der Waals surface area contributed by atoms with Crippen molar-refractivity contribution < 1.29 is 29.6 Å². The number of benzene rings is 1. The van der Waals surface area contributed by atoms with Gasteiger partial charge in [0.05, 0.1) is 0 Å². The van der Waals surface area contributed by atoms with Gasteiger partial charge < -0.3 is 10.2 Å². The summed E-state index contributed by atoms with van der Waals surface area (Å²) in [4.78, 5) is 2.23. The predicted molar refractivity (Wildman–Crippen MR) is 89.2 cm³/mol. The van der Waals surface area contributed by atoms with Crippen LogP contribution < -0.4 is 34.9 Å². The Morgan fingerprint density at radius 1 is 1.15 bits per heavy atom. The van der Waals surface area contributed by atoms with Crippen LogP contribution in [0.3, 0.4) is 0 Å². The molecule has 20 heavy (non-hydrogen) atoms. The Morgan fingerprint density at radius 2 is 1.80 bits per heavy atom. The number of rotatable bonds is 4. The van der Waals surface area contributed by atoms with Crippen molar-refractivity contribution in [1.29, 1.82) is 0 Å². The van der Waals surface area contributed by atoms with E-state index in [9.17, 15) is 0 Å². The number of likely N-dealkylation sites (N-methyl/N-ethyl adjacent to an activating group) is 1. The van der Waals surface area contributed by atoms with E-state index >= 15 is 0 Å². The molecule has 0 bridgehead atoms. The molecule has 0 aliphatic carbocycles. The average Bonchev–Trinajstić information content (AvgIpc) is 2.38. The van der Waals surface area contributed by atoms with Gasteiger partial charge in [0.15, 0.2) is 0 Å². The van der Waals surface area contributed by atoms with Crippen molar-refractivity contribution in [2.45, 2.75) is 32.2 Å². The molecule has 0 amide bonds. The standard InChI is InChI=1S/C16H26N2.BH4.Na/c1-13-4-9-16(17-12-13)15-7-5-14(6-8-15)10-11-18(2)3;;/h5-8,13,16-17H,4,9-12H2,1-3H3;1H4;/q;-1;+1. The minimum atomic E-state index is 0. The van der Waals surface area contributed by atoms with Crippen molar-refractivity contribution in [3.05, 3.63) is 35.4 Å². The van der Waals surface area contributed by atoms with Gasteiger partial charge in [-0.2, -0.15) is 0 Å². The first-order chi connectivity index (χ1) is 8.65. The molecule has 1 fully saturated rings. The second-order valence-electron chi connectivity index (χ2n) is 5.94. The molecule has 0 saturated carbocycles. The maximum absolute atomic E-state index is 3.65.